The number of aryl methyl sites for hydroxylation is 1. The van der Waals surface area contributed by atoms with Gasteiger partial charge in [0.15, 0.2) is 11.7 Å². The molecule has 5 nitrogen and oxygen atoms in total. The van der Waals surface area contributed by atoms with Crippen molar-refractivity contribution in [2.24, 2.45) is 10.4 Å². The second-order valence-corrected chi connectivity index (χ2v) is 5.89. The molecular formula is C16H29IN4O. The fourth-order valence-electron chi connectivity index (χ4n) is 2.70. The number of hydrogen-bond acceptors (Lipinski definition) is 3. The van der Waals surface area contributed by atoms with E-state index in [0.29, 0.717) is 12.0 Å². The summed E-state index contributed by atoms with van der Waals surface area (Å²) in [5.41, 5.74) is 1.47. The Hall–Kier alpha value is -0.790. The Kier molecular flexibility index (Phi) is 8.20. The Morgan fingerprint density at radius 1 is 1.32 bits per heavy atom. The van der Waals surface area contributed by atoms with E-state index >= 15 is 0 Å². The Bertz CT molecular complexity index is 463. The van der Waals surface area contributed by atoms with Crippen LogP contribution in [0, 0.1) is 5.41 Å². The van der Waals surface area contributed by atoms with Crippen LogP contribution in [0.2, 0.25) is 0 Å². The quantitative estimate of drug-likeness (QED) is 0.403. The van der Waals surface area contributed by atoms with E-state index < -0.39 is 0 Å². The van der Waals surface area contributed by atoms with Gasteiger partial charge in [-0.25, -0.2) is 4.99 Å². The van der Waals surface area contributed by atoms with Crippen LogP contribution in [0.3, 0.4) is 0 Å². The summed E-state index contributed by atoms with van der Waals surface area (Å²) in [6, 6.07) is 1.98. The maximum atomic E-state index is 5.27. The Labute approximate surface area is 150 Å². The average Bonchev–Trinajstić information content (AvgIpc) is 2.92. The average molecular weight is 420 g/mol. The van der Waals surface area contributed by atoms with Gasteiger partial charge in [0.25, 0.3) is 0 Å². The van der Waals surface area contributed by atoms with Crippen molar-refractivity contribution >= 4 is 29.9 Å². The standard InChI is InChI=1S/C16H28N4O.HI/c1-4-13-10-14(21-20-13)11-18-15(17-6-3)19-12-16(5-2)8-7-9-16;/h10H,4-9,11-12H2,1-3H3,(H2,17,18,19);1H. The minimum absolute atomic E-state index is 0. The van der Waals surface area contributed by atoms with E-state index in [0.717, 1.165) is 36.9 Å². The zero-order chi connectivity index (χ0) is 15.1. The zero-order valence-corrected chi connectivity index (χ0v) is 16.3. The molecule has 1 aliphatic rings. The maximum Gasteiger partial charge on any atom is 0.191 e. The molecule has 0 unspecified atom stereocenters. The Balaban J connectivity index is 0.00000242. The first-order chi connectivity index (χ1) is 10.2. The lowest BCUT2D eigenvalue weighted by atomic mass is 9.67. The van der Waals surface area contributed by atoms with Gasteiger partial charge >= 0.3 is 0 Å². The van der Waals surface area contributed by atoms with Gasteiger partial charge in [0.2, 0.25) is 0 Å². The first kappa shape index (κ1) is 19.3. The topological polar surface area (TPSA) is 62.5 Å². The van der Waals surface area contributed by atoms with E-state index in [4.69, 9.17) is 4.52 Å². The summed E-state index contributed by atoms with van der Waals surface area (Å²) in [6.07, 6.45) is 6.16. The maximum absolute atomic E-state index is 5.27. The van der Waals surface area contributed by atoms with Crippen LogP contribution in [0.5, 0.6) is 0 Å². The molecule has 1 aromatic heterocycles. The molecule has 1 aromatic rings. The van der Waals surface area contributed by atoms with E-state index in [1.54, 1.807) is 0 Å². The third kappa shape index (κ3) is 5.14. The Morgan fingerprint density at radius 2 is 2.09 bits per heavy atom. The number of aromatic nitrogens is 1. The lowest BCUT2D eigenvalue weighted by Gasteiger charge is -2.41. The number of rotatable bonds is 7. The van der Waals surface area contributed by atoms with Crippen LogP contribution >= 0.6 is 24.0 Å². The van der Waals surface area contributed by atoms with E-state index in [9.17, 15) is 0 Å². The normalized spacial score (nSPS) is 16.6. The molecule has 1 aliphatic carbocycles. The van der Waals surface area contributed by atoms with Crippen LogP contribution < -0.4 is 10.6 Å². The molecule has 0 spiro atoms. The summed E-state index contributed by atoms with van der Waals surface area (Å²) in [4.78, 5) is 4.59. The molecule has 1 saturated carbocycles. The van der Waals surface area contributed by atoms with Crippen molar-refractivity contribution in [3.63, 3.8) is 0 Å². The molecule has 2 N–H and O–H groups in total. The molecule has 0 aromatic carbocycles. The molecule has 0 atom stereocenters. The second kappa shape index (κ2) is 9.37. The number of hydrogen-bond donors (Lipinski definition) is 2. The van der Waals surface area contributed by atoms with Crippen molar-refractivity contribution in [1.29, 1.82) is 0 Å². The molecule has 126 valence electrons. The molecular weight excluding hydrogens is 391 g/mol. The molecule has 1 fully saturated rings. The van der Waals surface area contributed by atoms with Crippen molar-refractivity contribution in [3.8, 4) is 0 Å². The van der Waals surface area contributed by atoms with Crippen LogP contribution in [-0.4, -0.2) is 24.2 Å². The van der Waals surface area contributed by atoms with Gasteiger partial charge in [-0.15, -0.1) is 24.0 Å². The summed E-state index contributed by atoms with van der Waals surface area (Å²) in [6.45, 7) is 8.83. The van der Waals surface area contributed by atoms with E-state index in [1.165, 1.54) is 25.7 Å². The first-order valence-corrected chi connectivity index (χ1v) is 8.18. The van der Waals surface area contributed by atoms with Gasteiger partial charge in [0.1, 0.15) is 6.54 Å². The monoisotopic (exact) mass is 420 g/mol. The van der Waals surface area contributed by atoms with Gasteiger partial charge in [-0.1, -0.05) is 25.4 Å². The molecule has 1 heterocycles. The van der Waals surface area contributed by atoms with Crippen LogP contribution in [-0.2, 0) is 13.0 Å². The van der Waals surface area contributed by atoms with Crippen molar-refractivity contribution in [2.45, 2.75) is 59.4 Å². The van der Waals surface area contributed by atoms with Gasteiger partial charge in [-0.2, -0.15) is 0 Å². The van der Waals surface area contributed by atoms with Gasteiger partial charge < -0.3 is 15.2 Å². The van der Waals surface area contributed by atoms with Crippen LogP contribution in [0.4, 0.5) is 0 Å². The highest BCUT2D eigenvalue weighted by Gasteiger charge is 2.34. The van der Waals surface area contributed by atoms with Crippen LogP contribution in [0.25, 0.3) is 0 Å². The number of guanidine groups is 1. The van der Waals surface area contributed by atoms with Gasteiger partial charge in [0, 0.05) is 19.2 Å². The molecule has 2 rings (SSSR count). The smallest absolute Gasteiger partial charge is 0.191 e. The summed E-state index contributed by atoms with van der Waals surface area (Å²) < 4.78 is 5.27. The minimum atomic E-state index is 0. The van der Waals surface area contributed by atoms with Crippen LogP contribution in [0.15, 0.2) is 15.6 Å². The van der Waals surface area contributed by atoms with Crippen molar-refractivity contribution in [2.75, 3.05) is 13.1 Å². The number of aliphatic imine (C=N–C) groups is 1. The summed E-state index contributed by atoms with van der Waals surface area (Å²) in [5.74, 6) is 1.68. The Morgan fingerprint density at radius 3 is 2.59 bits per heavy atom. The molecule has 0 saturated heterocycles. The fourth-order valence-corrected chi connectivity index (χ4v) is 2.70. The predicted octanol–water partition coefficient (Wildman–Crippen LogP) is 3.49. The molecule has 0 bridgehead atoms. The highest BCUT2D eigenvalue weighted by molar-refractivity contribution is 14.0. The fraction of sp³-hybridized carbons (Fsp3) is 0.750. The third-order valence-electron chi connectivity index (χ3n) is 4.50. The van der Waals surface area contributed by atoms with E-state index in [1.807, 2.05) is 6.07 Å². The molecule has 0 radical (unpaired) electrons. The van der Waals surface area contributed by atoms with Crippen molar-refractivity contribution in [1.82, 2.24) is 15.8 Å². The lowest BCUT2D eigenvalue weighted by molar-refractivity contribution is 0.131. The van der Waals surface area contributed by atoms with Crippen molar-refractivity contribution < 1.29 is 4.52 Å². The molecule has 22 heavy (non-hydrogen) atoms. The van der Waals surface area contributed by atoms with E-state index in [-0.39, 0.29) is 24.0 Å². The number of nitrogens with zero attached hydrogens (tertiary/aromatic N) is 2. The van der Waals surface area contributed by atoms with Crippen molar-refractivity contribution in [3.05, 3.63) is 17.5 Å². The predicted molar refractivity (Wildman–Crippen MR) is 101 cm³/mol. The summed E-state index contributed by atoms with van der Waals surface area (Å²) >= 11 is 0. The zero-order valence-electron chi connectivity index (χ0n) is 13.9. The summed E-state index contributed by atoms with van der Waals surface area (Å²) in [7, 11) is 0. The molecule has 0 aliphatic heterocycles. The number of halogens is 1. The minimum Gasteiger partial charge on any atom is -0.359 e. The SMILES string of the molecule is CCNC(=NCc1cc(CC)no1)NCC1(CC)CCC1.I. The highest BCUT2D eigenvalue weighted by Crippen LogP contribution is 2.42. The third-order valence-corrected chi connectivity index (χ3v) is 4.50. The highest BCUT2D eigenvalue weighted by atomic mass is 127. The largest absolute Gasteiger partial charge is 0.359 e. The van der Waals surface area contributed by atoms with E-state index in [2.05, 4.69) is 41.6 Å². The second-order valence-electron chi connectivity index (χ2n) is 5.89. The van der Waals surface area contributed by atoms with Gasteiger partial charge in [-0.05, 0) is 38.0 Å². The molecule has 6 heteroatoms. The van der Waals surface area contributed by atoms with Gasteiger partial charge in [0.05, 0.1) is 5.69 Å². The first-order valence-electron chi connectivity index (χ1n) is 8.18. The molecule has 0 amide bonds. The van der Waals surface area contributed by atoms with Gasteiger partial charge in [-0.3, -0.25) is 0 Å². The summed E-state index contributed by atoms with van der Waals surface area (Å²) in [5, 5.41) is 10.8. The number of nitrogens with one attached hydrogen (secondary N) is 2. The lowest BCUT2D eigenvalue weighted by Crippen LogP contribution is -2.46. The van der Waals surface area contributed by atoms with Crippen LogP contribution in [0.1, 0.15) is 57.9 Å².